The number of fused-ring (bicyclic) bond motifs is 2. The van der Waals surface area contributed by atoms with Gasteiger partial charge in [0.05, 0.1) is 0 Å². The highest BCUT2D eigenvalue weighted by Gasteiger charge is 2.41. The molecule has 0 amide bonds. The van der Waals surface area contributed by atoms with Gasteiger partial charge in [-0.1, -0.05) is 0 Å². The summed E-state index contributed by atoms with van der Waals surface area (Å²) in [6.07, 6.45) is -1.34. The highest BCUT2D eigenvalue weighted by molar-refractivity contribution is 5.41. The van der Waals surface area contributed by atoms with Crippen molar-refractivity contribution in [2.75, 3.05) is 18.0 Å². The van der Waals surface area contributed by atoms with Gasteiger partial charge in [0.25, 0.3) is 0 Å². The first-order valence-electron chi connectivity index (χ1n) is 6.35. The molecule has 2 bridgehead atoms. The molecular formula is C12H15F3N4. The van der Waals surface area contributed by atoms with Crippen LogP contribution in [0.15, 0.2) is 12.4 Å². The average molecular weight is 272 g/mol. The van der Waals surface area contributed by atoms with Crippen molar-refractivity contribution >= 4 is 5.82 Å². The number of aromatic nitrogens is 2. The number of piperidine rings is 1. The van der Waals surface area contributed by atoms with Gasteiger partial charge in [-0.3, -0.25) is 0 Å². The van der Waals surface area contributed by atoms with Crippen LogP contribution in [0.25, 0.3) is 0 Å². The van der Waals surface area contributed by atoms with Gasteiger partial charge in [-0.25, -0.2) is 9.97 Å². The van der Waals surface area contributed by atoms with Gasteiger partial charge in [0.1, 0.15) is 17.8 Å². The minimum absolute atomic E-state index is 0.181. The Morgan fingerprint density at radius 1 is 1.16 bits per heavy atom. The number of rotatable bonds is 1. The van der Waals surface area contributed by atoms with E-state index in [0.29, 0.717) is 30.7 Å². The molecule has 104 valence electrons. The molecule has 4 nitrogen and oxygen atoms in total. The summed E-state index contributed by atoms with van der Waals surface area (Å²) < 4.78 is 37.9. The first-order valence-corrected chi connectivity index (χ1v) is 6.35. The third-order valence-corrected chi connectivity index (χ3v) is 4.17. The first-order chi connectivity index (χ1) is 8.95. The molecule has 0 unspecified atom stereocenters. The fourth-order valence-electron chi connectivity index (χ4n) is 3.13. The third kappa shape index (κ3) is 2.27. The van der Waals surface area contributed by atoms with E-state index in [2.05, 4.69) is 9.97 Å². The summed E-state index contributed by atoms with van der Waals surface area (Å²) in [4.78, 5) is 9.16. The van der Waals surface area contributed by atoms with Gasteiger partial charge >= 0.3 is 6.18 Å². The Kier molecular flexibility index (Phi) is 2.88. The van der Waals surface area contributed by atoms with Crippen molar-refractivity contribution in [2.45, 2.75) is 25.1 Å². The largest absolute Gasteiger partial charge is 0.433 e. The lowest BCUT2D eigenvalue weighted by molar-refractivity contribution is -0.141. The maximum Gasteiger partial charge on any atom is 0.433 e. The maximum atomic E-state index is 12.6. The van der Waals surface area contributed by atoms with Gasteiger partial charge in [0, 0.05) is 25.2 Å². The Hall–Kier alpha value is -1.37. The lowest BCUT2D eigenvalue weighted by Gasteiger charge is -2.36. The fraction of sp³-hybridized carbons (Fsp3) is 0.667. The van der Waals surface area contributed by atoms with Crippen LogP contribution >= 0.6 is 0 Å². The molecule has 19 heavy (non-hydrogen) atoms. The van der Waals surface area contributed by atoms with Crippen molar-refractivity contribution in [2.24, 2.45) is 17.6 Å². The van der Waals surface area contributed by atoms with Crippen LogP contribution in [0.3, 0.4) is 0 Å². The molecular weight excluding hydrogens is 257 g/mol. The summed E-state index contributed by atoms with van der Waals surface area (Å²) in [7, 11) is 0. The molecule has 2 aliphatic rings. The molecule has 2 heterocycles. The Morgan fingerprint density at radius 3 is 2.37 bits per heavy atom. The summed E-state index contributed by atoms with van der Waals surface area (Å²) in [5, 5.41) is 0. The van der Waals surface area contributed by atoms with E-state index < -0.39 is 11.9 Å². The fourth-order valence-corrected chi connectivity index (χ4v) is 3.13. The molecule has 1 aromatic heterocycles. The highest BCUT2D eigenvalue weighted by atomic mass is 19.4. The summed E-state index contributed by atoms with van der Waals surface area (Å²) in [6.45, 7) is 1.37. The second kappa shape index (κ2) is 4.33. The summed E-state index contributed by atoms with van der Waals surface area (Å²) in [5.74, 6) is 1.08. The molecule has 7 heteroatoms. The van der Waals surface area contributed by atoms with Crippen LogP contribution < -0.4 is 10.6 Å². The van der Waals surface area contributed by atoms with Crippen molar-refractivity contribution in [3.05, 3.63) is 18.1 Å². The minimum Gasteiger partial charge on any atom is -0.356 e. The molecule has 1 aliphatic heterocycles. The number of halogens is 3. The number of nitrogens with zero attached hydrogens (tertiary/aromatic N) is 3. The van der Waals surface area contributed by atoms with Gasteiger partial charge in [-0.05, 0) is 24.7 Å². The quantitative estimate of drug-likeness (QED) is 0.845. The van der Waals surface area contributed by atoms with Crippen molar-refractivity contribution in [3.8, 4) is 0 Å². The second-order valence-corrected chi connectivity index (χ2v) is 5.34. The maximum absolute atomic E-state index is 12.6. The molecule has 2 N–H and O–H groups in total. The zero-order chi connectivity index (χ0) is 13.6. The Morgan fingerprint density at radius 2 is 1.79 bits per heavy atom. The molecule has 1 saturated heterocycles. The standard InChI is InChI=1S/C12H15F3N4/c13-12(14,15)9-3-10(18-6-17-9)19-4-7-1-2-8(5-19)11(7)16/h3,6-8,11H,1-2,4-5,16H2/t7-,8+,11-. The van der Waals surface area contributed by atoms with Crippen LogP contribution in [0.2, 0.25) is 0 Å². The molecule has 1 aromatic rings. The van der Waals surface area contributed by atoms with Crippen LogP contribution in [-0.4, -0.2) is 29.1 Å². The van der Waals surface area contributed by atoms with E-state index in [1.807, 2.05) is 4.90 Å². The van der Waals surface area contributed by atoms with Crippen LogP contribution in [0.4, 0.5) is 19.0 Å². The van der Waals surface area contributed by atoms with Gasteiger partial charge in [-0.2, -0.15) is 13.2 Å². The highest BCUT2D eigenvalue weighted by Crippen LogP contribution is 2.37. The molecule has 0 spiro atoms. The molecule has 1 saturated carbocycles. The molecule has 3 atom stereocenters. The van der Waals surface area contributed by atoms with E-state index in [4.69, 9.17) is 5.73 Å². The van der Waals surface area contributed by atoms with Crippen LogP contribution in [-0.2, 0) is 6.18 Å². The summed E-state index contributed by atoms with van der Waals surface area (Å²) >= 11 is 0. The number of nitrogens with two attached hydrogens (primary N) is 1. The van der Waals surface area contributed by atoms with Gasteiger partial charge in [-0.15, -0.1) is 0 Å². The molecule has 0 aromatic carbocycles. The van der Waals surface area contributed by atoms with E-state index in [-0.39, 0.29) is 6.04 Å². The molecule has 0 radical (unpaired) electrons. The zero-order valence-corrected chi connectivity index (χ0v) is 10.3. The van der Waals surface area contributed by atoms with E-state index in [1.54, 1.807) is 0 Å². The van der Waals surface area contributed by atoms with Gasteiger partial charge in [0.2, 0.25) is 0 Å². The van der Waals surface area contributed by atoms with Crippen LogP contribution in [0.5, 0.6) is 0 Å². The minimum atomic E-state index is -4.43. The topological polar surface area (TPSA) is 55.0 Å². The average Bonchev–Trinajstić information content (AvgIpc) is 2.61. The van der Waals surface area contributed by atoms with Crippen molar-refractivity contribution in [3.63, 3.8) is 0 Å². The molecule has 1 aliphatic carbocycles. The van der Waals surface area contributed by atoms with Gasteiger partial charge in [0.15, 0.2) is 0 Å². The third-order valence-electron chi connectivity index (χ3n) is 4.17. The van der Waals surface area contributed by atoms with E-state index in [1.165, 1.54) is 0 Å². The van der Waals surface area contributed by atoms with Gasteiger partial charge < -0.3 is 10.6 Å². The normalized spacial score (nSPS) is 30.7. The summed E-state index contributed by atoms with van der Waals surface area (Å²) in [6, 6.07) is 1.20. The van der Waals surface area contributed by atoms with Crippen LogP contribution in [0.1, 0.15) is 18.5 Å². The number of hydrogen-bond donors (Lipinski definition) is 1. The monoisotopic (exact) mass is 272 g/mol. The van der Waals surface area contributed by atoms with Crippen LogP contribution in [0, 0.1) is 11.8 Å². The van der Waals surface area contributed by atoms with E-state index in [0.717, 1.165) is 25.2 Å². The van der Waals surface area contributed by atoms with E-state index in [9.17, 15) is 13.2 Å². The van der Waals surface area contributed by atoms with Crippen molar-refractivity contribution in [1.82, 2.24) is 9.97 Å². The molecule has 2 fully saturated rings. The SMILES string of the molecule is N[C@@H]1[C@@H]2CC[C@H]1CN(c1cc(C(F)(F)F)ncn1)C2. The predicted octanol–water partition coefficient (Wildman–Crippen LogP) is 1.67. The Labute approximate surface area is 108 Å². The summed E-state index contributed by atoms with van der Waals surface area (Å²) in [5.41, 5.74) is 5.20. The van der Waals surface area contributed by atoms with Crippen molar-refractivity contribution in [1.29, 1.82) is 0 Å². The molecule has 3 rings (SSSR count). The van der Waals surface area contributed by atoms with E-state index >= 15 is 0 Å². The number of alkyl halides is 3. The zero-order valence-electron chi connectivity index (χ0n) is 10.3. The van der Waals surface area contributed by atoms with Crippen molar-refractivity contribution < 1.29 is 13.2 Å². The Balaban J connectivity index is 1.84. The Bertz CT molecular complexity index is 462. The second-order valence-electron chi connectivity index (χ2n) is 5.34. The lowest BCUT2D eigenvalue weighted by Crippen LogP contribution is -2.49. The smallest absolute Gasteiger partial charge is 0.356 e. The lowest BCUT2D eigenvalue weighted by atomic mass is 9.93. The first kappa shape index (κ1) is 12.7. The number of hydrogen-bond acceptors (Lipinski definition) is 4. The predicted molar refractivity (Wildman–Crippen MR) is 63.4 cm³/mol. The number of anilines is 1.